The van der Waals surface area contributed by atoms with Crippen molar-refractivity contribution < 1.29 is 4.74 Å². The van der Waals surface area contributed by atoms with E-state index in [0.29, 0.717) is 12.1 Å². The molecule has 4 rings (SSSR count). The lowest BCUT2D eigenvalue weighted by Crippen LogP contribution is -2.15. The molecule has 136 valence electrons. The Balaban J connectivity index is 1.68. The van der Waals surface area contributed by atoms with Gasteiger partial charge in [0.25, 0.3) is 5.56 Å². The van der Waals surface area contributed by atoms with Gasteiger partial charge in [-0.1, -0.05) is 13.0 Å². The van der Waals surface area contributed by atoms with E-state index >= 15 is 0 Å². The minimum Gasteiger partial charge on any atom is -0.496 e. The van der Waals surface area contributed by atoms with Crippen molar-refractivity contribution in [3.8, 4) is 5.75 Å². The van der Waals surface area contributed by atoms with E-state index in [-0.39, 0.29) is 5.56 Å². The number of fused-ring (bicyclic) bond motifs is 2. The van der Waals surface area contributed by atoms with Gasteiger partial charge >= 0.3 is 0 Å². The molecular weight excluding hydrogens is 338 g/mol. The predicted octanol–water partition coefficient (Wildman–Crippen LogP) is 4.26. The van der Waals surface area contributed by atoms with Crippen LogP contribution in [0.2, 0.25) is 0 Å². The second kappa shape index (κ2) is 7.11. The first-order chi connectivity index (χ1) is 13.2. The maximum Gasteiger partial charge on any atom is 0.253 e. The molecule has 0 bridgehead atoms. The highest BCUT2D eigenvalue weighted by molar-refractivity contribution is 5.94. The Kier molecular flexibility index (Phi) is 4.50. The summed E-state index contributed by atoms with van der Waals surface area (Å²) in [5.74, 6) is 0.777. The van der Waals surface area contributed by atoms with Crippen molar-refractivity contribution in [2.24, 2.45) is 0 Å². The summed E-state index contributed by atoms with van der Waals surface area (Å²) in [4.78, 5) is 19.9. The van der Waals surface area contributed by atoms with E-state index in [1.807, 2.05) is 42.5 Å². The van der Waals surface area contributed by atoms with Gasteiger partial charge < -0.3 is 15.0 Å². The second-order valence-electron chi connectivity index (χ2n) is 6.47. The van der Waals surface area contributed by atoms with Crippen LogP contribution in [0.3, 0.4) is 0 Å². The van der Waals surface area contributed by atoms with Crippen LogP contribution in [0.4, 0.5) is 5.69 Å². The Morgan fingerprint density at radius 3 is 2.85 bits per heavy atom. The predicted molar refractivity (Wildman–Crippen MR) is 110 cm³/mol. The lowest BCUT2D eigenvalue weighted by Gasteiger charge is -2.12. The van der Waals surface area contributed by atoms with Gasteiger partial charge in [-0.15, -0.1) is 0 Å². The average molecular weight is 359 g/mol. The first-order valence-electron chi connectivity index (χ1n) is 9.00. The topological polar surface area (TPSA) is 67.0 Å². The molecule has 0 amide bonds. The number of benzene rings is 2. The van der Waals surface area contributed by atoms with Gasteiger partial charge in [-0.3, -0.25) is 9.78 Å². The fraction of sp³-hybridized carbons (Fsp3) is 0.182. The van der Waals surface area contributed by atoms with Gasteiger partial charge in [-0.25, -0.2) is 0 Å². The standard InChI is InChI=1S/C22H21N3O2/c1-3-14-6-7-18-15(11-14)12-16(22(26)25-18)13-24-19-8-9-20(27-2)17-5-4-10-23-21(17)19/h4-12,24H,3,13H2,1-2H3,(H,25,26). The quantitative estimate of drug-likeness (QED) is 0.559. The highest BCUT2D eigenvalue weighted by Gasteiger charge is 2.09. The van der Waals surface area contributed by atoms with Crippen molar-refractivity contribution in [3.63, 3.8) is 0 Å². The molecule has 4 aromatic rings. The maximum atomic E-state index is 12.4. The summed E-state index contributed by atoms with van der Waals surface area (Å²) < 4.78 is 5.41. The van der Waals surface area contributed by atoms with Crippen molar-refractivity contribution in [3.05, 3.63) is 76.2 Å². The molecule has 27 heavy (non-hydrogen) atoms. The van der Waals surface area contributed by atoms with Crippen LogP contribution in [0.5, 0.6) is 5.75 Å². The van der Waals surface area contributed by atoms with Crippen molar-refractivity contribution >= 4 is 27.5 Å². The number of pyridine rings is 2. The van der Waals surface area contributed by atoms with Crippen LogP contribution in [0, 0.1) is 0 Å². The molecule has 5 nitrogen and oxygen atoms in total. The van der Waals surface area contributed by atoms with Crippen LogP contribution >= 0.6 is 0 Å². The molecule has 2 aromatic carbocycles. The second-order valence-corrected chi connectivity index (χ2v) is 6.47. The van der Waals surface area contributed by atoms with E-state index in [9.17, 15) is 4.79 Å². The number of ether oxygens (including phenoxy) is 1. The zero-order valence-electron chi connectivity index (χ0n) is 15.4. The van der Waals surface area contributed by atoms with Gasteiger partial charge in [0.15, 0.2) is 0 Å². The van der Waals surface area contributed by atoms with Crippen LogP contribution in [-0.2, 0) is 13.0 Å². The van der Waals surface area contributed by atoms with Crippen LogP contribution in [-0.4, -0.2) is 17.1 Å². The summed E-state index contributed by atoms with van der Waals surface area (Å²) in [6.45, 7) is 2.54. The molecule has 0 saturated heterocycles. The molecule has 0 unspecified atom stereocenters. The van der Waals surface area contributed by atoms with Crippen LogP contribution in [0.1, 0.15) is 18.1 Å². The molecule has 0 aliphatic carbocycles. The van der Waals surface area contributed by atoms with Crippen molar-refractivity contribution in [2.45, 2.75) is 19.9 Å². The number of hydrogen-bond acceptors (Lipinski definition) is 4. The van der Waals surface area contributed by atoms with E-state index < -0.39 is 0 Å². The summed E-state index contributed by atoms with van der Waals surface area (Å²) in [6.07, 6.45) is 2.72. The Morgan fingerprint density at radius 2 is 2.04 bits per heavy atom. The Bertz CT molecular complexity index is 1180. The molecule has 2 N–H and O–H groups in total. The fourth-order valence-corrected chi connectivity index (χ4v) is 3.31. The lowest BCUT2D eigenvalue weighted by molar-refractivity contribution is 0.420. The SMILES string of the molecule is CCc1ccc2[nH]c(=O)c(CNc3ccc(OC)c4cccnc34)cc2c1. The smallest absolute Gasteiger partial charge is 0.253 e. The van der Waals surface area contributed by atoms with Gasteiger partial charge in [0.2, 0.25) is 0 Å². The molecule has 0 saturated carbocycles. The third kappa shape index (κ3) is 3.24. The number of nitrogens with one attached hydrogen (secondary N) is 2. The average Bonchev–Trinajstić information content (AvgIpc) is 2.71. The third-order valence-corrected chi connectivity index (χ3v) is 4.81. The van der Waals surface area contributed by atoms with E-state index in [2.05, 4.69) is 28.3 Å². The minimum atomic E-state index is -0.0787. The fourth-order valence-electron chi connectivity index (χ4n) is 3.31. The summed E-state index contributed by atoms with van der Waals surface area (Å²) in [7, 11) is 1.65. The number of nitrogens with zero attached hydrogens (tertiary/aromatic N) is 1. The van der Waals surface area contributed by atoms with Gasteiger partial charge in [0, 0.05) is 29.2 Å². The Labute approximate surface area is 157 Å². The van der Waals surface area contributed by atoms with Gasteiger partial charge in [0.1, 0.15) is 5.75 Å². The lowest BCUT2D eigenvalue weighted by atomic mass is 10.1. The van der Waals surface area contributed by atoms with Crippen molar-refractivity contribution in [1.29, 1.82) is 0 Å². The first-order valence-corrected chi connectivity index (χ1v) is 9.00. The summed E-state index contributed by atoms with van der Waals surface area (Å²) in [5, 5.41) is 5.33. The highest BCUT2D eigenvalue weighted by atomic mass is 16.5. The number of H-pyrrole nitrogens is 1. The summed E-state index contributed by atoms with van der Waals surface area (Å²) in [5.41, 5.74) is 4.41. The van der Waals surface area contributed by atoms with Crippen LogP contribution in [0.25, 0.3) is 21.8 Å². The number of rotatable bonds is 5. The van der Waals surface area contributed by atoms with Gasteiger partial charge in [0.05, 0.1) is 18.3 Å². The van der Waals surface area contributed by atoms with E-state index in [0.717, 1.165) is 39.7 Å². The van der Waals surface area contributed by atoms with Crippen LogP contribution in [0.15, 0.2) is 59.5 Å². The molecule has 0 aliphatic heterocycles. The monoisotopic (exact) mass is 359 g/mol. The molecule has 0 aliphatic rings. The molecule has 0 spiro atoms. The molecule has 0 fully saturated rings. The van der Waals surface area contributed by atoms with E-state index in [4.69, 9.17) is 4.74 Å². The Hall–Kier alpha value is -3.34. The number of hydrogen-bond donors (Lipinski definition) is 2. The largest absolute Gasteiger partial charge is 0.496 e. The number of aromatic amines is 1. The summed E-state index contributed by atoms with van der Waals surface area (Å²) in [6, 6.07) is 15.8. The zero-order valence-corrected chi connectivity index (χ0v) is 15.4. The summed E-state index contributed by atoms with van der Waals surface area (Å²) >= 11 is 0. The number of aryl methyl sites for hydroxylation is 1. The third-order valence-electron chi connectivity index (χ3n) is 4.81. The first kappa shape index (κ1) is 17.1. The molecule has 2 heterocycles. The van der Waals surface area contributed by atoms with E-state index in [1.165, 1.54) is 5.56 Å². The molecule has 2 aromatic heterocycles. The Morgan fingerprint density at radius 1 is 1.15 bits per heavy atom. The molecule has 0 atom stereocenters. The number of methoxy groups -OCH3 is 1. The molecular formula is C22H21N3O2. The van der Waals surface area contributed by atoms with Crippen molar-refractivity contribution in [2.75, 3.05) is 12.4 Å². The normalized spacial score (nSPS) is 11.0. The molecule has 0 radical (unpaired) electrons. The number of aromatic nitrogens is 2. The molecule has 5 heteroatoms. The highest BCUT2D eigenvalue weighted by Crippen LogP contribution is 2.30. The van der Waals surface area contributed by atoms with Crippen molar-refractivity contribution in [1.82, 2.24) is 9.97 Å². The van der Waals surface area contributed by atoms with Gasteiger partial charge in [-0.05, 0) is 59.8 Å². The van der Waals surface area contributed by atoms with E-state index in [1.54, 1.807) is 13.3 Å². The van der Waals surface area contributed by atoms with Crippen LogP contribution < -0.4 is 15.6 Å². The maximum absolute atomic E-state index is 12.4. The minimum absolute atomic E-state index is 0.0787. The van der Waals surface area contributed by atoms with Gasteiger partial charge in [-0.2, -0.15) is 0 Å². The number of anilines is 1. The zero-order chi connectivity index (χ0) is 18.8.